The van der Waals surface area contributed by atoms with Gasteiger partial charge in [0, 0.05) is 23.6 Å². The van der Waals surface area contributed by atoms with E-state index in [1.807, 2.05) is 19.9 Å². The molecule has 2 aliphatic carbocycles. The van der Waals surface area contributed by atoms with Gasteiger partial charge < -0.3 is 15.0 Å². The average molecular weight is 433 g/mol. The largest absolute Gasteiger partial charge is 0.367 e. The number of hydrogen-bond acceptors (Lipinski definition) is 8. The Balaban J connectivity index is 1.25. The number of hydrogen-bond donors (Lipinski definition) is 1. The summed E-state index contributed by atoms with van der Waals surface area (Å²) in [6.07, 6.45) is 2.57. The number of ether oxygens (including phenoxy) is 1. The van der Waals surface area contributed by atoms with Crippen molar-refractivity contribution in [2.75, 3.05) is 23.3 Å². The Morgan fingerprint density at radius 2 is 2.10 bits per heavy atom. The topological polar surface area (TPSA) is 87.0 Å². The number of anilines is 3. The smallest absolute Gasteiger partial charge is 0.254 e. The zero-order chi connectivity index (χ0) is 21.1. The van der Waals surface area contributed by atoms with Crippen LogP contribution in [0.25, 0.3) is 0 Å². The minimum atomic E-state index is -2.53. The fourth-order valence-corrected chi connectivity index (χ4v) is 5.25. The molecule has 1 N–H and O–H groups in total. The van der Waals surface area contributed by atoms with Gasteiger partial charge in [0.1, 0.15) is 16.4 Å². The van der Waals surface area contributed by atoms with E-state index in [-0.39, 0.29) is 18.9 Å². The molecule has 0 amide bonds. The third-order valence-electron chi connectivity index (χ3n) is 6.33. The molecule has 1 spiro atoms. The Labute approximate surface area is 177 Å². The monoisotopic (exact) mass is 432 g/mol. The van der Waals surface area contributed by atoms with Crippen molar-refractivity contribution in [3.63, 3.8) is 0 Å². The predicted octanol–water partition coefficient (Wildman–Crippen LogP) is 3.97. The normalized spacial score (nSPS) is 27.8. The molecule has 3 aliphatic rings. The Hall–Kier alpha value is -2.38. The summed E-state index contributed by atoms with van der Waals surface area (Å²) in [7, 11) is 0. The molecule has 0 bridgehead atoms. The van der Waals surface area contributed by atoms with Crippen LogP contribution in [-0.2, 0) is 4.74 Å². The first-order valence-corrected chi connectivity index (χ1v) is 10.7. The van der Waals surface area contributed by atoms with Gasteiger partial charge in [-0.05, 0) is 44.3 Å². The van der Waals surface area contributed by atoms with Gasteiger partial charge in [-0.3, -0.25) is 0 Å². The molecule has 1 saturated heterocycles. The number of nitriles is 1. The number of halogens is 2. The van der Waals surface area contributed by atoms with Crippen LogP contribution >= 0.6 is 11.5 Å². The van der Waals surface area contributed by atoms with Gasteiger partial charge in [-0.15, -0.1) is 0 Å². The molecule has 0 aromatic carbocycles. The van der Waals surface area contributed by atoms with E-state index in [0.29, 0.717) is 31.9 Å². The van der Waals surface area contributed by atoms with Gasteiger partial charge in [0.05, 0.1) is 37.4 Å². The number of aryl methyl sites for hydroxylation is 2. The van der Waals surface area contributed by atoms with Crippen LogP contribution in [0.2, 0.25) is 0 Å². The van der Waals surface area contributed by atoms with Crippen LogP contribution in [-0.4, -0.2) is 45.1 Å². The Morgan fingerprint density at radius 3 is 2.70 bits per heavy atom. The number of nitrogens with one attached hydrogen (secondary N) is 1. The molecular formula is C20H22F2N6OS. The van der Waals surface area contributed by atoms with Crippen LogP contribution in [0, 0.1) is 30.6 Å². The Kier molecular flexibility index (Phi) is 4.28. The van der Waals surface area contributed by atoms with Crippen LogP contribution in [0.4, 0.5) is 25.5 Å². The van der Waals surface area contributed by atoms with Crippen LogP contribution in [0.3, 0.4) is 0 Å². The highest BCUT2D eigenvalue weighted by molar-refractivity contribution is 7.10. The summed E-state index contributed by atoms with van der Waals surface area (Å²) in [6, 6.07) is 4.13. The lowest BCUT2D eigenvalue weighted by atomic mass is 9.77. The Bertz CT molecular complexity index is 1020. The molecular weight excluding hydrogens is 410 g/mol. The summed E-state index contributed by atoms with van der Waals surface area (Å²) in [5, 5.41) is 13.3. The van der Waals surface area contributed by atoms with E-state index in [2.05, 4.69) is 30.6 Å². The number of nitrogens with zero attached hydrogens (tertiary/aromatic N) is 5. The standard InChI is InChI=1S/C20H22F2N6OS/c1-12-8-24-17(25-15-5-13(2)27-30-15)26-16(12)28-10-19(11-28,3-4-23)29-14-6-18(7-14)9-20(18,21)22/h5,8,14H,3,6-7,9-11H2,1-2H3,(H,24,25,26). The number of alkyl halides is 2. The average Bonchev–Trinajstić information content (AvgIpc) is 2.97. The van der Waals surface area contributed by atoms with E-state index in [1.165, 1.54) is 11.5 Å². The highest BCUT2D eigenvalue weighted by Crippen LogP contribution is 2.71. The highest BCUT2D eigenvalue weighted by atomic mass is 32.1. The quantitative estimate of drug-likeness (QED) is 0.739. The third kappa shape index (κ3) is 3.20. The molecule has 158 valence electrons. The van der Waals surface area contributed by atoms with Gasteiger partial charge >= 0.3 is 0 Å². The van der Waals surface area contributed by atoms with Gasteiger partial charge in [-0.1, -0.05) is 0 Å². The molecule has 1 aliphatic heterocycles. The maximum Gasteiger partial charge on any atom is 0.254 e. The highest BCUT2D eigenvalue weighted by Gasteiger charge is 2.76. The molecule has 2 aromatic rings. The van der Waals surface area contributed by atoms with Crippen molar-refractivity contribution in [3.05, 3.63) is 23.5 Å². The first-order valence-electron chi connectivity index (χ1n) is 9.95. The van der Waals surface area contributed by atoms with E-state index >= 15 is 0 Å². The van der Waals surface area contributed by atoms with Crippen LogP contribution in [0.15, 0.2) is 12.3 Å². The summed E-state index contributed by atoms with van der Waals surface area (Å²) in [5.41, 5.74) is 0.406. The number of aromatic nitrogens is 3. The molecule has 3 fully saturated rings. The molecule has 2 aromatic heterocycles. The van der Waals surface area contributed by atoms with E-state index in [9.17, 15) is 14.0 Å². The van der Waals surface area contributed by atoms with E-state index in [4.69, 9.17) is 4.74 Å². The summed E-state index contributed by atoms with van der Waals surface area (Å²) in [6.45, 7) is 4.88. The molecule has 30 heavy (non-hydrogen) atoms. The van der Waals surface area contributed by atoms with Crippen LogP contribution < -0.4 is 10.2 Å². The van der Waals surface area contributed by atoms with Gasteiger partial charge in [-0.2, -0.15) is 14.6 Å². The predicted molar refractivity (Wildman–Crippen MR) is 108 cm³/mol. The molecule has 0 radical (unpaired) electrons. The van der Waals surface area contributed by atoms with Crippen LogP contribution in [0.5, 0.6) is 0 Å². The zero-order valence-electron chi connectivity index (χ0n) is 16.8. The minimum absolute atomic E-state index is 0.0214. The van der Waals surface area contributed by atoms with Crippen molar-refractivity contribution < 1.29 is 13.5 Å². The summed E-state index contributed by atoms with van der Waals surface area (Å²) < 4.78 is 37.3. The van der Waals surface area contributed by atoms with Gasteiger partial charge in [0.25, 0.3) is 5.92 Å². The second-order valence-corrected chi connectivity index (χ2v) is 9.65. The second kappa shape index (κ2) is 6.56. The molecule has 0 unspecified atom stereocenters. The summed E-state index contributed by atoms with van der Waals surface area (Å²) in [4.78, 5) is 11.0. The Morgan fingerprint density at radius 1 is 1.37 bits per heavy atom. The summed E-state index contributed by atoms with van der Waals surface area (Å²) in [5.74, 6) is -1.27. The minimum Gasteiger partial charge on any atom is -0.367 e. The maximum absolute atomic E-state index is 13.5. The summed E-state index contributed by atoms with van der Waals surface area (Å²) >= 11 is 1.35. The van der Waals surface area contributed by atoms with Crippen molar-refractivity contribution in [1.29, 1.82) is 5.26 Å². The van der Waals surface area contributed by atoms with Crippen molar-refractivity contribution in [2.45, 2.75) is 57.2 Å². The van der Waals surface area contributed by atoms with E-state index in [1.54, 1.807) is 6.20 Å². The SMILES string of the molecule is Cc1cc(Nc2ncc(C)c(N3CC(CC#N)(OC4CC5(C4)CC5(F)F)C3)n2)sn1. The van der Waals surface area contributed by atoms with Gasteiger partial charge in [-0.25, -0.2) is 13.8 Å². The van der Waals surface area contributed by atoms with Crippen molar-refractivity contribution in [2.24, 2.45) is 5.41 Å². The lowest BCUT2D eigenvalue weighted by Gasteiger charge is -2.53. The number of rotatable bonds is 6. The first kappa shape index (κ1) is 19.6. The van der Waals surface area contributed by atoms with Crippen molar-refractivity contribution >= 4 is 28.3 Å². The van der Waals surface area contributed by atoms with Crippen molar-refractivity contribution in [3.8, 4) is 6.07 Å². The molecule has 3 heterocycles. The molecule has 5 rings (SSSR count). The fourth-order valence-electron chi connectivity index (χ4n) is 4.59. The van der Waals surface area contributed by atoms with E-state index in [0.717, 1.165) is 22.1 Å². The first-order chi connectivity index (χ1) is 14.2. The van der Waals surface area contributed by atoms with Crippen LogP contribution in [0.1, 0.15) is 36.9 Å². The van der Waals surface area contributed by atoms with Crippen molar-refractivity contribution in [1.82, 2.24) is 14.3 Å². The molecule has 2 saturated carbocycles. The molecule has 10 heteroatoms. The second-order valence-electron chi connectivity index (χ2n) is 8.84. The lowest BCUT2D eigenvalue weighted by Crippen LogP contribution is -2.65. The van der Waals surface area contributed by atoms with Gasteiger partial charge in [0.2, 0.25) is 5.95 Å². The van der Waals surface area contributed by atoms with E-state index < -0.39 is 16.9 Å². The van der Waals surface area contributed by atoms with Gasteiger partial charge in [0.15, 0.2) is 0 Å². The molecule has 7 nitrogen and oxygen atoms in total. The zero-order valence-corrected chi connectivity index (χ0v) is 17.6. The maximum atomic E-state index is 13.5. The molecule has 0 atom stereocenters. The third-order valence-corrected chi connectivity index (χ3v) is 7.13. The fraction of sp³-hybridized carbons (Fsp3) is 0.600. The lowest BCUT2D eigenvalue weighted by molar-refractivity contribution is -0.166.